The highest BCUT2D eigenvalue weighted by molar-refractivity contribution is 5.87. The molecule has 0 saturated heterocycles. The van der Waals surface area contributed by atoms with Crippen molar-refractivity contribution >= 4 is 5.91 Å². The molecule has 0 bridgehead atoms. The predicted molar refractivity (Wildman–Crippen MR) is 67.2 cm³/mol. The van der Waals surface area contributed by atoms with Crippen LogP contribution in [0.1, 0.15) is 51.9 Å². The van der Waals surface area contributed by atoms with Crippen molar-refractivity contribution in [3.63, 3.8) is 0 Å². The van der Waals surface area contributed by atoms with Gasteiger partial charge in [0.2, 0.25) is 5.91 Å². The average Bonchev–Trinajstić information content (AvgIpc) is 2.30. The molecular formula is C13H25NO2. The van der Waals surface area contributed by atoms with Crippen molar-refractivity contribution in [2.45, 2.75) is 51.9 Å². The molecule has 3 heteroatoms. The Morgan fingerprint density at radius 3 is 2.56 bits per heavy atom. The van der Waals surface area contributed by atoms with Crippen molar-refractivity contribution < 1.29 is 9.90 Å². The van der Waals surface area contributed by atoms with Gasteiger partial charge in [-0.3, -0.25) is 4.79 Å². The van der Waals surface area contributed by atoms with Crippen LogP contribution in [0, 0.1) is 0 Å². The molecule has 0 aromatic carbocycles. The Morgan fingerprint density at radius 2 is 1.88 bits per heavy atom. The SMILES string of the molecule is CCCCCCCC/C=C/C(=O)NCCO. The number of carbonyl (C=O) groups excluding carboxylic acids is 1. The van der Waals surface area contributed by atoms with Crippen molar-refractivity contribution in [2.24, 2.45) is 0 Å². The topological polar surface area (TPSA) is 49.3 Å². The lowest BCUT2D eigenvalue weighted by molar-refractivity contribution is -0.116. The molecule has 0 aliphatic heterocycles. The lowest BCUT2D eigenvalue weighted by Gasteiger charge is -1.98. The highest BCUT2D eigenvalue weighted by Gasteiger charge is 1.92. The average molecular weight is 227 g/mol. The van der Waals surface area contributed by atoms with Crippen molar-refractivity contribution in [3.8, 4) is 0 Å². The molecule has 0 unspecified atom stereocenters. The summed E-state index contributed by atoms with van der Waals surface area (Å²) < 4.78 is 0. The highest BCUT2D eigenvalue weighted by Crippen LogP contribution is 2.06. The number of aliphatic hydroxyl groups excluding tert-OH is 1. The van der Waals surface area contributed by atoms with Crippen LogP contribution in [0.2, 0.25) is 0 Å². The first kappa shape index (κ1) is 15.2. The Bertz CT molecular complexity index is 190. The maximum absolute atomic E-state index is 11.1. The quantitative estimate of drug-likeness (QED) is 0.445. The molecule has 16 heavy (non-hydrogen) atoms. The third-order valence-corrected chi connectivity index (χ3v) is 2.40. The number of hydrogen-bond acceptors (Lipinski definition) is 2. The predicted octanol–water partition coefficient (Wildman–Crippen LogP) is 2.40. The molecule has 0 heterocycles. The molecule has 0 aliphatic carbocycles. The molecule has 0 atom stereocenters. The Labute approximate surface area is 98.9 Å². The molecular weight excluding hydrogens is 202 g/mol. The fourth-order valence-electron chi connectivity index (χ4n) is 1.47. The van der Waals surface area contributed by atoms with E-state index >= 15 is 0 Å². The van der Waals surface area contributed by atoms with E-state index in [1.54, 1.807) is 6.08 Å². The minimum absolute atomic E-state index is 0.00297. The van der Waals surface area contributed by atoms with E-state index in [0.717, 1.165) is 12.8 Å². The molecule has 0 rings (SSSR count). The Morgan fingerprint density at radius 1 is 1.19 bits per heavy atom. The van der Waals surface area contributed by atoms with Gasteiger partial charge in [-0.15, -0.1) is 0 Å². The van der Waals surface area contributed by atoms with Crippen LogP contribution in [0.5, 0.6) is 0 Å². The molecule has 0 aromatic heterocycles. The zero-order valence-corrected chi connectivity index (χ0v) is 10.4. The van der Waals surface area contributed by atoms with E-state index in [9.17, 15) is 4.79 Å². The van der Waals surface area contributed by atoms with Crippen molar-refractivity contribution in [1.82, 2.24) is 5.32 Å². The second kappa shape index (κ2) is 12.2. The zero-order chi connectivity index (χ0) is 12.1. The van der Waals surface area contributed by atoms with Gasteiger partial charge in [0.1, 0.15) is 0 Å². The van der Waals surface area contributed by atoms with Crippen molar-refractivity contribution in [2.75, 3.05) is 13.2 Å². The van der Waals surface area contributed by atoms with Gasteiger partial charge in [0.05, 0.1) is 6.61 Å². The summed E-state index contributed by atoms with van der Waals surface area (Å²) in [7, 11) is 0. The van der Waals surface area contributed by atoms with Gasteiger partial charge in [0.15, 0.2) is 0 Å². The van der Waals surface area contributed by atoms with Crippen LogP contribution in [-0.4, -0.2) is 24.2 Å². The molecule has 1 amide bonds. The van der Waals surface area contributed by atoms with Crippen LogP contribution >= 0.6 is 0 Å². The summed E-state index contributed by atoms with van der Waals surface area (Å²) in [6.45, 7) is 2.55. The van der Waals surface area contributed by atoms with Crippen LogP contribution < -0.4 is 5.32 Å². The molecule has 0 saturated carbocycles. The summed E-state index contributed by atoms with van der Waals surface area (Å²) in [5.74, 6) is -0.111. The lowest BCUT2D eigenvalue weighted by Crippen LogP contribution is -2.24. The molecule has 0 aliphatic rings. The van der Waals surface area contributed by atoms with E-state index in [4.69, 9.17) is 5.11 Å². The van der Waals surface area contributed by atoms with Gasteiger partial charge in [0, 0.05) is 6.54 Å². The van der Waals surface area contributed by atoms with Gasteiger partial charge >= 0.3 is 0 Å². The van der Waals surface area contributed by atoms with Gasteiger partial charge in [-0.2, -0.15) is 0 Å². The van der Waals surface area contributed by atoms with E-state index in [1.165, 1.54) is 32.1 Å². The van der Waals surface area contributed by atoms with Crippen LogP contribution in [0.15, 0.2) is 12.2 Å². The van der Waals surface area contributed by atoms with Crippen LogP contribution in [-0.2, 0) is 4.79 Å². The fourth-order valence-corrected chi connectivity index (χ4v) is 1.47. The molecule has 0 spiro atoms. The zero-order valence-electron chi connectivity index (χ0n) is 10.4. The molecule has 0 fully saturated rings. The molecule has 2 N–H and O–H groups in total. The minimum atomic E-state index is -0.111. The van der Waals surface area contributed by atoms with Crippen molar-refractivity contribution in [1.29, 1.82) is 0 Å². The van der Waals surface area contributed by atoms with E-state index in [2.05, 4.69) is 12.2 Å². The molecule has 94 valence electrons. The number of rotatable bonds is 10. The van der Waals surface area contributed by atoms with Gasteiger partial charge < -0.3 is 10.4 Å². The van der Waals surface area contributed by atoms with Crippen LogP contribution in [0.3, 0.4) is 0 Å². The monoisotopic (exact) mass is 227 g/mol. The number of amides is 1. The maximum atomic E-state index is 11.1. The van der Waals surface area contributed by atoms with Crippen LogP contribution in [0.25, 0.3) is 0 Å². The van der Waals surface area contributed by atoms with Crippen molar-refractivity contribution in [3.05, 3.63) is 12.2 Å². The molecule has 0 aromatic rings. The maximum Gasteiger partial charge on any atom is 0.243 e. The van der Waals surface area contributed by atoms with E-state index in [1.807, 2.05) is 6.08 Å². The standard InChI is InChI=1S/C13H25NO2/c1-2-3-4-5-6-7-8-9-10-13(16)14-11-12-15/h9-10,15H,2-8,11-12H2,1H3,(H,14,16)/b10-9+. The number of hydrogen-bond donors (Lipinski definition) is 2. The third kappa shape index (κ3) is 11.2. The number of unbranched alkanes of at least 4 members (excludes halogenated alkanes) is 6. The lowest BCUT2D eigenvalue weighted by atomic mass is 10.1. The summed E-state index contributed by atoms with van der Waals surface area (Å²) in [6.07, 6.45) is 12.1. The number of carbonyl (C=O) groups is 1. The summed E-state index contributed by atoms with van der Waals surface area (Å²) in [6, 6.07) is 0. The van der Waals surface area contributed by atoms with Gasteiger partial charge in [0.25, 0.3) is 0 Å². The molecule has 3 nitrogen and oxygen atoms in total. The van der Waals surface area contributed by atoms with E-state index in [-0.39, 0.29) is 12.5 Å². The third-order valence-electron chi connectivity index (χ3n) is 2.40. The van der Waals surface area contributed by atoms with Gasteiger partial charge in [-0.05, 0) is 18.9 Å². The van der Waals surface area contributed by atoms with E-state index in [0.29, 0.717) is 6.54 Å². The van der Waals surface area contributed by atoms with E-state index < -0.39 is 0 Å². The largest absolute Gasteiger partial charge is 0.395 e. The normalized spacial score (nSPS) is 10.9. The van der Waals surface area contributed by atoms with Gasteiger partial charge in [-0.25, -0.2) is 0 Å². The fraction of sp³-hybridized carbons (Fsp3) is 0.769. The molecule has 0 radical (unpaired) electrons. The van der Waals surface area contributed by atoms with Gasteiger partial charge in [-0.1, -0.05) is 45.1 Å². The second-order valence-corrected chi connectivity index (χ2v) is 3.97. The summed E-state index contributed by atoms with van der Waals surface area (Å²) in [4.78, 5) is 11.1. The smallest absolute Gasteiger partial charge is 0.243 e. The second-order valence-electron chi connectivity index (χ2n) is 3.97. The highest BCUT2D eigenvalue weighted by atomic mass is 16.3. The minimum Gasteiger partial charge on any atom is -0.395 e. The number of allylic oxidation sites excluding steroid dienone is 1. The summed E-state index contributed by atoms with van der Waals surface area (Å²) in [5, 5.41) is 11.1. The Kier molecular flexibility index (Phi) is 11.6. The first-order valence-electron chi connectivity index (χ1n) is 6.36. The van der Waals surface area contributed by atoms with Crippen LogP contribution in [0.4, 0.5) is 0 Å². The first-order chi connectivity index (χ1) is 7.81. The number of aliphatic hydroxyl groups is 1. The summed E-state index contributed by atoms with van der Waals surface area (Å²) >= 11 is 0. The number of nitrogens with one attached hydrogen (secondary N) is 1. The Hall–Kier alpha value is -0.830. The summed E-state index contributed by atoms with van der Waals surface area (Å²) in [5.41, 5.74) is 0. The Balaban J connectivity index is 3.23. The first-order valence-corrected chi connectivity index (χ1v) is 6.36.